The van der Waals surface area contributed by atoms with E-state index in [0.29, 0.717) is 0 Å². The molecule has 1 unspecified atom stereocenters. The fraction of sp³-hybridized carbons (Fsp3) is 0.455. The van der Waals surface area contributed by atoms with Gasteiger partial charge in [-0.05, 0) is 19.9 Å². The number of esters is 1. The second kappa shape index (κ2) is 7.62. The van der Waals surface area contributed by atoms with Gasteiger partial charge in [-0.3, -0.25) is 4.79 Å². The molecular weight excluding hydrogens is 215 g/mol. The molecule has 0 aliphatic heterocycles. The Labute approximate surface area is 93.7 Å². The second-order valence-electron chi connectivity index (χ2n) is 2.71. The van der Waals surface area contributed by atoms with Gasteiger partial charge in [-0.1, -0.05) is 6.58 Å². The molecule has 5 heteroatoms. The fourth-order valence-electron chi connectivity index (χ4n) is 0.838. The lowest BCUT2D eigenvalue weighted by atomic mass is 10.1. The number of ketones is 1. The molecule has 0 spiro atoms. The first-order valence-electron chi connectivity index (χ1n) is 4.88. The number of halogens is 1. The lowest BCUT2D eigenvalue weighted by molar-refractivity contribution is -0.140. The average molecular weight is 230 g/mol. The van der Waals surface area contributed by atoms with Crippen molar-refractivity contribution in [3.63, 3.8) is 0 Å². The largest absolute Gasteiger partial charge is 0.500 e. The quantitative estimate of drug-likeness (QED) is 0.166. The van der Waals surface area contributed by atoms with Crippen LogP contribution in [0, 0.1) is 0 Å². The molecule has 0 aromatic rings. The lowest BCUT2D eigenvalue weighted by Crippen LogP contribution is -2.23. The van der Waals surface area contributed by atoms with E-state index in [1.165, 1.54) is 0 Å². The zero-order chi connectivity index (χ0) is 12.6. The zero-order valence-corrected chi connectivity index (χ0v) is 9.36. The lowest BCUT2D eigenvalue weighted by Gasteiger charge is -2.07. The van der Waals surface area contributed by atoms with E-state index < -0.39 is 23.5 Å². The molecule has 0 bridgehead atoms. The van der Waals surface area contributed by atoms with E-state index in [0.717, 1.165) is 12.3 Å². The summed E-state index contributed by atoms with van der Waals surface area (Å²) >= 11 is 0. The van der Waals surface area contributed by atoms with Crippen LogP contribution in [0.3, 0.4) is 0 Å². The number of alkyl halides is 1. The minimum atomic E-state index is -1.93. The molecule has 4 nitrogen and oxygen atoms in total. The van der Waals surface area contributed by atoms with Crippen molar-refractivity contribution in [2.24, 2.45) is 0 Å². The summed E-state index contributed by atoms with van der Waals surface area (Å²) in [6.07, 6.45) is -0.214. The standard InChI is InChI=1S/C11H15FO4/c1-4-9(12)10(13)8(7-15-5-2)11(14)16-6-3/h4,7,9H,1,5-6H2,2-3H3. The van der Waals surface area contributed by atoms with Crippen LogP contribution >= 0.6 is 0 Å². The summed E-state index contributed by atoms with van der Waals surface area (Å²) < 4.78 is 22.4. The third-order valence-electron chi connectivity index (χ3n) is 1.59. The van der Waals surface area contributed by atoms with Crippen molar-refractivity contribution in [2.45, 2.75) is 20.0 Å². The highest BCUT2D eigenvalue weighted by molar-refractivity contribution is 6.19. The van der Waals surface area contributed by atoms with Crippen LogP contribution in [-0.4, -0.2) is 31.1 Å². The molecular formula is C11H15FO4. The minimum absolute atomic E-state index is 0.0978. The molecule has 0 amide bonds. The Balaban J connectivity index is 4.86. The zero-order valence-electron chi connectivity index (χ0n) is 9.36. The maximum atomic E-state index is 13.0. The molecule has 0 aliphatic rings. The van der Waals surface area contributed by atoms with Crippen molar-refractivity contribution in [3.05, 3.63) is 24.5 Å². The van der Waals surface area contributed by atoms with Crippen LogP contribution in [0.1, 0.15) is 13.8 Å². The van der Waals surface area contributed by atoms with E-state index in [2.05, 4.69) is 11.3 Å². The molecule has 0 aromatic heterocycles. The Kier molecular flexibility index (Phi) is 6.83. The maximum Gasteiger partial charge on any atom is 0.345 e. The minimum Gasteiger partial charge on any atom is -0.500 e. The molecule has 0 rings (SSSR count). The summed E-state index contributed by atoms with van der Waals surface area (Å²) in [5, 5.41) is 0. The molecule has 16 heavy (non-hydrogen) atoms. The summed E-state index contributed by atoms with van der Waals surface area (Å²) in [6, 6.07) is 0. The van der Waals surface area contributed by atoms with Gasteiger partial charge in [0, 0.05) is 0 Å². The van der Waals surface area contributed by atoms with Gasteiger partial charge in [-0.2, -0.15) is 0 Å². The van der Waals surface area contributed by atoms with Crippen LogP contribution in [0.4, 0.5) is 4.39 Å². The predicted octanol–water partition coefficient (Wildman–Crippen LogP) is 1.56. The Morgan fingerprint density at radius 3 is 2.44 bits per heavy atom. The third kappa shape index (κ3) is 4.25. The van der Waals surface area contributed by atoms with Crippen molar-refractivity contribution < 1.29 is 23.5 Å². The van der Waals surface area contributed by atoms with E-state index in [1.54, 1.807) is 13.8 Å². The molecule has 0 saturated heterocycles. The summed E-state index contributed by atoms with van der Waals surface area (Å²) in [5.74, 6) is -1.91. The topological polar surface area (TPSA) is 52.6 Å². The first-order valence-corrected chi connectivity index (χ1v) is 4.88. The predicted molar refractivity (Wildman–Crippen MR) is 56.4 cm³/mol. The van der Waals surface area contributed by atoms with Crippen LogP contribution in [0.25, 0.3) is 0 Å². The van der Waals surface area contributed by atoms with Gasteiger partial charge >= 0.3 is 5.97 Å². The van der Waals surface area contributed by atoms with Crippen LogP contribution in [-0.2, 0) is 19.1 Å². The highest BCUT2D eigenvalue weighted by atomic mass is 19.1. The van der Waals surface area contributed by atoms with Crippen LogP contribution < -0.4 is 0 Å². The number of hydrogen-bond acceptors (Lipinski definition) is 4. The van der Waals surface area contributed by atoms with E-state index in [1.807, 2.05) is 0 Å². The number of carbonyl (C=O) groups excluding carboxylic acids is 2. The normalized spacial score (nSPS) is 12.8. The number of hydrogen-bond donors (Lipinski definition) is 0. The summed E-state index contributed by atoms with van der Waals surface area (Å²) in [4.78, 5) is 22.7. The number of carbonyl (C=O) groups is 2. The van der Waals surface area contributed by atoms with Crippen molar-refractivity contribution in [1.29, 1.82) is 0 Å². The van der Waals surface area contributed by atoms with Crippen molar-refractivity contribution in [2.75, 3.05) is 13.2 Å². The van der Waals surface area contributed by atoms with E-state index in [4.69, 9.17) is 4.74 Å². The van der Waals surface area contributed by atoms with Crippen molar-refractivity contribution in [1.82, 2.24) is 0 Å². The molecule has 90 valence electrons. The summed E-state index contributed by atoms with van der Waals surface area (Å²) in [5.41, 5.74) is -0.448. The SMILES string of the molecule is C=CC(F)C(=O)C(=COCC)C(=O)OCC. The van der Waals surface area contributed by atoms with Gasteiger partial charge in [0.05, 0.1) is 13.2 Å². The van der Waals surface area contributed by atoms with Gasteiger partial charge < -0.3 is 9.47 Å². The average Bonchev–Trinajstić information content (AvgIpc) is 2.28. The van der Waals surface area contributed by atoms with Gasteiger partial charge in [0.1, 0.15) is 11.8 Å². The maximum absolute atomic E-state index is 13.0. The number of allylic oxidation sites excluding steroid dienone is 1. The Morgan fingerprint density at radius 2 is 2.00 bits per heavy atom. The van der Waals surface area contributed by atoms with Gasteiger partial charge in [0.25, 0.3) is 0 Å². The third-order valence-corrected chi connectivity index (χ3v) is 1.59. The summed E-state index contributed by atoms with van der Waals surface area (Å²) in [6.45, 7) is 6.75. The molecule has 0 fully saturated rings. The van der Waals surface area contributed by atoms with Crippen LogP contribution in [0.15, 0.2) is 24.5 Å². The van der Waals surface area contributed by atoms with Crippen molar-refractivity contribution >= 4 is 11.8 Å². The van der Waals surface area contributed by atoms with Crippen LogP contribution in [0.2, 0.25) is 0 Å². The second-order valence-corrected chi connectivity index (χ2v) is 2.71. The molecule has 0 saturated carbocycles. The number of Topliss-reactive ketones (excluding diaryl/α,β-unsaturated/α-hetero) is 1. The van der Waals surface area contributed by atoms with Crippen molar-refractivity contribution in [3.8, 4) is 0 Å². The van der Waals surface area contributed by atoms with E-state index in [-0.39, 0.29) is 13.2 Å². The molecule has 0 heterocycles. The van der Waals surface area contributed by atoms with Gasteiger partial charge in [0.2, 0.25) is 5.78 Å². The number of ether oxygens (including phenoxy) is 2. The highest BCUT2D eigenvalue weighted by Gasteiger charge is 2.26. The van der Waals surface area contributed by atoms with E-state index >= 15 is 0 Å². The van der Waals surface area contributed by atoms with Gasteiger partial charge in [0.15, 0.2) is 6.17 Å². The van der Waals surface area contributed by atoms with E-state index in [9.17, 15) is 14.0 Å². The first kappa shape index (κ1) is 14.3. The molecule has 0 radical (unpaired) electrons. The Bertz CT molecular complexity index is 296. The highest BCUT2D eigenvalue weighted by Crippen LogP contribution is 2.08. The molecule has 0 N–H and O–H groups in total. The summed E-state index contributed by atoms with van der Waals surface area (Å²) in [7, 11) is 0. The monoisotopic (exact) mass is 230 g/mol. The van der Waals surface area contributed by atoms with Gasteiger partial charge in [-0.25, -0.2) is 9.18 Å². The van der Waals surface area contributed by atoms with Crippen LogP contribution in [0.5, 0.6) is 0 Å². The molecule has 1 atom stereocenters. The Morgan fingerprint density at radius 1 is 1.38 bits per heavy atom. The Hall–Kier alpha value is -1.65. The molecule has 0 aliphatic carbocycles. The fourth-order valence-corrected chi connectivity index (χ4v) is 0.838. The van der Waals surface area contributed by atoms with Gasteiger partial charge in [-0.15, -0.1) is 0 Å². The smallest absolute Gasteiger partial charge is 0.345 e. The number of rotatable bonds is 7. The first-order chi connectivity index (χ1) is 7.58. The molecule has 0 aromatic carbocycles.